The molecule has 7 nitrogen and oxygen atoms in total. The minimum absolute atomic E-state index is 0.0693. The minimum atomic E-state index is -0.369. The molecule has 0 saturated carbocycles. The molecular weight excluding hydrogens is 234 g/mol. The highest BCUT2D eigenvalue weighted by molar-refractivity contribution is 5.59. The molecule has 7 heteroatoms. The van der Waals surface area contributed by atoms with E-state index in [2.05, 4.69) is 10.4 Å². The van der Waals surface area contributed by atoms with Gasteiger partial charge in [-0.05, 0) is 19.8 Å². The molecule has 1 unspecified atom stereocenters. The Balaban J connectivity index is 2.91. The highest BCUT2D eigenvalue weighted by Crippen LogP contribution is 2.28. The van der Waals surface area contributed by atoms with Gasteiger partial charge in [0.2, 0.25) is 5.82 Å². The zero-order chi connectivity index (χ0) is 13.7. The maximum absolute atomic E-state index is 11.1. The van der Waals surface area contributed by atoms with Gasteiger partial charge in [-0.3, -0.25) is 10.1 Å². The van der Waals surface area contributed by atoms with Crippen LogP contribution < -0.4 is 11.1 Å². The molecule has 0 aromatic carbocycles. The predicted octanol–water partition coefficient (Wildman–Crippen LogP) is 1.43. The van der Waals surface area contributed by atoms with Crippen LogP contribution in [0.2, 0.25) is 0 Å². The Labute approximate surface area is 107 Å². The largest absolute Gasteiger partial charge is 0.364 e. The van der Waals surface area contributed by atoms with Crippen molar-refractivity contribution in [3.63, 3.8) is 0 Å². The van der Waals surface area contributed by atoms with Crippen LogP contribution in [0.5, 0.6) is 0 Å². The van der Waals surface area contributed by atoms with Crippen molar-refractivity contribution in [3.05, 3.63) is 15.8 Å². The highest BCUT2D eigenvalue weighted by Gasteiger charge is 2.25. The number of anilines is 1. The fourth-order valence-electron chi connectivity index (χ4n) is 1.78. The van der Waals surface area contributed by atoms with Crippen LogP contribution in [-0.2, 0) is 13.5 Å². The predicted molar refractivity (Wildman–Crippen MR) is 70.6 cm³/mol. The molecule has 1 rings (SSSR count). The van der Waals surface area contributed by atoms with E-state index in [1.165, 1.54) is 4.68 Å². The second-order valence-electron chi connectivity index (χ2n) is 4.47. The van der Waals surface area contributed by atoms with Crippen LogP contribution in [0, 0.1) is 10.1 Å². The van der Waals surface area contributed by atoms with Crippen LogP contribution in [0.4, 0.5) is 11.5 Å². The molecule has 0 spiro atoms. The summed E-state index contributed by atoms with van der Waals surface area (Å²) < 4.78 is 1.53. The average molecular weight is 255 g/mol. The lowest BCUT2D eigenvalue weighted by Crippen LogP contribution is -2.20. The Bertz CT molecular complexity index is 414. The smallest absolute Gasteiger partial charge is 0.333 e. The topological polar surface area (TPSA) is 99.0 Å². The first-order chi connectivity index (χ1) is 8.47. The highest BCUT2D eigenvalue weighted by atomic mass is 16.6. The summed E-state index contributed by atoms with van der Waals surface area (Å²) in [6.07, 6.45) is 2.20. The first kappa shape index (κ1) is 14.4. The van der Waals surface area contributed by atoms with Gasteiger partial charge in [0.05, 0.1) is 4.92 Å². The number of nitrogens with zero attached hydrogens (tertiary/aromatic N) is 3. The normalized spacial score (nSPS) is 12.4. The van der Waals surface area contributed by atoms with Gasteiger partial charge in [-0.15, -0.1) is 0 Å². The third-order valence-electron chi connectivity index (χ3n) is 2.65. The summed E-state index contributed by atoms with van der Waals surface area (Å²) in [5.41, 5.74) is 6.27. The van der Waals surface area contributed by atoms with Gasteiger partial charge < -0.3 is 11.1 Å². The van der Waals surface area contributed by atoms with Crippen molar-refractivity contribution in [2.75, 3.05) is 11.9 Å². The molecule has 1 aromatic rings. The first-order valence-electron chi connectivity index (χ1n) is 6.17. The SMILES string of the molecule is CCCc1nn(C)c(NCCC(C)N)c1[N+](=O)[O-]. The van der Waals surface area contributed by atoms with E-state index < -0.39 is 0 Å². The molecule has 0 aliphatic rings. The van der Waals surface area contributed by atoms with E-state index in [9.17, 15) is 10.1 Å². The lowest BCUT2D eigenvalue weighted by Gasteiger charge is -2.07. The minimum Gasteiger partial charge on any atom is -0.364 e. The Morgan fingerprint density at radius 1 is 1.61 bits per heavy atom. The zero-order valence-electron chi connectivity index (χ0n) is 11.1. The molecule has 0 amide bonds. The molecule has 1 heterocycles. The van der Waals surface area contributed by atoms with Gasteiger partial charge in [0.15, 0.2) is 0 Å². The molecule has 18 heavy (non-hydrogen) atoms. The number of hydrogen-bond acceptors (Lipinski definition) is 5. The van der Waals surface area contributed by atoms with Gasteiger partial charge in [-0.25, -0.2) is 4.68 Å². The summed E-state index contributed by atoms with van der Waals surface area (Å²) in [5, 5.41) is 18.4. The van der Waals surface area contributed by atoms with Crippen LogP contribution >= 0.6 is 0 Å². The summed E-state index contributed by atoms with van der Waals surface area (Å²) in [7, 11) is 1.71. The molecule has 1 aromatic heterocycles. The molecule has 0 aliphatic carbocycles. The number of rotatable bonds is 7. The monoisotopic (exact) mass is 255 g/mol. The molecule has 0 fully saturated rings. The Kier molecular flexibility index (Phi) is 5.08. The summed E-state index contributed by atoms with van der Waals surface area (Å²) in [6, 6.07) is 0.0693. The van der Waals surface area contributed by atoms with E-state index in [1.54, 1.807) is 7.05 Å². The second kappa shape index (κ2) is 6.34. The van der Waals surface area contributed by atoms with Crippen LogP contribution in [0.3, 0.4) is 0 Å². The number of nitrogens with one attached hydrogen (secondary N) is 1. The molecule has 1 atom stereocenters. The second-order valence-corrected chi connectivity index (χ2v) is 4.47. The summed E-state index contributed by atoms with van der Waals surface area (Å²) in [6.45, 7) is 4.48. The van der Waals surface area contributed by atoms with Crippen molar-refractivity contribution in [2.45, 2.75) is 39.2 Å². The van der Waals surface area contributed by atoms with Gasteiger partial charge in [-0.2, -0.15) is 5.10 Å². The van der Waals surface area contributed by atoms with E-state index >= 15 is 0 Å². The number of aromatic nitrogens is 2. The average Bonchev–Trinajstić information content (AvgIpc) is 2.55. The standard InChI is InChI=1S/C11H21N5O2/c1-4-5-9-10(16(17)18)11(15(3)14-9)13-7-6-8(2)12/h8,13H,4-7,12H2,1-3H3. The molecule has 0 radical (unpaired) electrons. The molecule has 0 bridgehead atoms. The lowest BCUT2D eigenvalue weighted by atomic mass is 10.2. The third kappa shape index (κ3) is 3.43. The van der Waals surface area contributed by atoms with E-state index in [0.717, 1.165) is 12.8 Å². The van der Waals surface area contributed by atoms with E-state index in [-0.39, 0.29) is 16.7 Å². The lowest BCUT2D eigenvalue weighted by molar-refractivity contribution is -0.384. The fraction of sp³-hybridized carbons (Fsp3) is 0.727. The number of aryl methyl sites for hydroxylation is 2. The number of nitrogens with two attached hydrogens (primary N) is 1. The Hall–Kier alpha value is -1.63. The molecule has 102 valence electrons. The van der Waals surface area contributed by atoms with Crippen molar-refractivity contribution in [2.24, 2.45) is 12.8 Å². The first-order valence-corrected chi connectivity index (χ1v) is 6.17. The van der Waals surface area contributed by atoms with Crippen LogP contribution in [0.25, 0.3) is 0 Å². The van der Waals surface area contributed by atoms with Crippen molar-refractivity contribution in [1.29, 1.82) is 0 Å². The van der Waals surface area contributed by atoms with Crippen molar-refractivity contribution < 1.29 is 4.92 Å². The van der Waals surface area contributed by atoms with Crippen molar-refractivity contribution in [3.8, 4) is 0 Å². The van der Waals surface area contributed by atoms with Gasteiger partial charge in [0.1, 0.15) is 5.69 Å². The van der Waals surface area contributed by atoms with Gasteiger partial charge in [0, 0.05) is 19.6 Å². The fourth-order valence-corrected chi connectivity index (χ4v) is 1.78. The van der Waals surface area contributed by atoms with Crippen LogP contribution in [-0.4, -0.2) is 27.3 Å². The van der Waals surface area contributed by atoms with Crippen molar-refractivity contribution in [1.82, 2.24) is 9.78 Å². The van der Waals surface area contributed by atoms with Gasteiger partial charge in [-0.1, -0.05) is 13.3 Å². The third-order valence-corrected chi connectivity index (χ3v) is 2.65. The van der Waals surface area contributed by atoms with Gasteiger partial charge >= 0.3 is 5.69 Å². The summed E-state index contributed by atoms with van der Waals surface area (Å²) in [4.78, 5) is 10.7. The quantitative estimate of drug-likeness (QED) is 0.567. The van der Waals surface area contributed by atoms with Crippen LogP contribution in [0.15, 0.2) is 0 Å². The number of hydrogen-bond donors (Lipinski definition) is 2. The molecular formula is C11H21N5O2. The molecule has 0 aliphatic heterocycles. The van der Waals surface area contributed by atoms with E-state index in [4.69, 9.17) is 5.73 Å². The molecule has 0 saturated heterocycles. The zero-order valence-corrected chi connectivity index (χ0v) is 11.1. The Morgan fingerprint density at radius 3 is 2.78 bits per heavy atom. The maximum Gasteiger partial charge on any atom is 0.333 e. The molecule has 3 N–H and O–H groups in total. The summed E-state index contributed by atoms with van der Waals surface area (Å²) >= 11 is 0. The van der Waals surface area contributed by atoms with Crippen molar-refractivity contribution >= 4 is 11.5 Å². The van der Waals surface area contributed by atoms with Gasteiger partial charge in [0.25, 0.3) is 0 Å². The number of nitro groups is 1. The van der Waals surface area contributed by atoms with Crippen LogP contribution in [0.1, 0.15) is 32.4 Å². The summed E-state index contributed by atoms with van der Waals surface area (Å²) in [5.74, 6) is 0.462. The maximum atomic E-state index is 11.1. The van der Waals surface area contributed by atoms with E-state index in [1.807, 2.05) is 13.8 Å². The van der Waals surface area contributed by atoms with E-state index in [0.29, 0.717) is 24.5 Å². The Morgan fingerprint density at radius 2 is 2.28 bits per heavy atom.